The summed E-state index contributed by atoms with van der Waals surface area (Å²) in [5.41, 5.74) is 0.682. The number of anilines is 1. The third kappa shape index (κ3) is 2.01. The van der Waals surface area contributed by atoms with Gasteiger partial charge < -0.3 is 14.5 Å². The summed E-state index contributed by atoms with van der Waals surface area (Å²) in [5, 5.41) is 13.3. The summed E-state index contributed by atoms with van der Waals surface area (Å²) in [5.74, 6) is 1.02. The highest BCUT2D eigenvalue weighted by molar-refractivity contribution is 9.10. The first-order valence-electron chi connectivity index (χ1n) is 4.58. The number of phenols is 1. The highest BCUT2D eigenvalue weighted by atomic mass is 79.9. The zero-order chi connectivity index (χ0) is 11.7. The molecule has 0 amide bonds. The van der Waals surface area contributed by atoms with Crippen LogP contribution in [0, 0.1) is 0 Å². The molecule has 0 radical (unpaired) electrons. The van der Waals surface area contributed by atoms with E-state index in [2.05, 4.69) is 26.1 Å². The lowest BCUT2D eigenvalue weighted by Gasteiger charge is -2.02. The zero-order valence-electron chi connectivity index (χ0n) is 8.81. The minimum atomic E-state index is 0.141. The third-order valence-corrected chi connectivity index (χ3v) is 2.68. The quantitative estimate of drug-likeness (QED) is 0.916. The fourth-order valence-corrected chi connectivity index (χ4v) is 1.41. The van der Waals surface area contributed by atoms with Crippen molar-refractivity contribution in [1.82, 2.24) is 10.1 Å². The topological polar surface area (TPSA) is 62.4 Å². The average molecular weight is 284 g/mol. The minimum absolute atomic E-state index is 0.141. The van der Waals surface area contributed by atoms with Crippen LogP contribution in [0.3, 0.4) is 0 Å². The van der Waals surface area contributed by atoms with E-state index in [1.807, 2.05) is 14.1 Å². The Morgan fingerprint density at radius 2 is 2.12 bits per heavy atom. The van der Waals surface area contributed by atoms with Crippen molar-refractivity contribution in [3.63, 3.8) is 0 Å². The maximum atomic E-state index is 9.53. The maximum absolute atomic E-state index is 9.53. The molecule has 0 unspecified atom stereocenters. The third-order valence-electron chi connectivity index (χ3n) is 2.01. The van der Waals surface area contributed by atoms with Gasteiger partial charge in [-0.25, -0.2) is 0 Å². The molecule has 0 saturated heterocycles. The number of aromatic hydroxyl groups is 1. The van der Waals surface area contributed by atoms with Crippen LogP contribution >= 0.6 is 15.9 Å². The Hall–Kier alpha value is -1.56. The van der Waals surface area contributed by atoms with Crippen LogP contribution in [-0.4, -0.2) is 29.3 Å². The molecule has 0 fully saturated rings. The first-order valence-corrected chi connectivity index (χ1v) is 5.37. The molecule has 0 spiro atoms. The molecule has 6 heteroatoms. The highest BCUT2D eigenvalue weighted by Crippen LogP contribution is 2.29. The standard InChI is InChI=1S/C10H10BrN3O2/c1-14(2)10-12-9(16-13-10)6-3-4-7(11)8(15)5-6/h3-5,15H,1-2H3. The number of hydrogen-bond donors (Lipinski definition) is 1. The van der Waals surface area contributed by atoms with Gasteiger partial charge in [-0.05, 0) is 39.3 Å². The molecular weight excluding hydrogens is 274 g/mol. The van der Waals surface area contributed by atoms with Gasteiger partial charge in [-0.1, -0.05) is 0 Å². The van der Waals surface area contributed by atoms with Gasteiger partial charge in [0.1, 0.15) is 5.75 Å². The summed E-state index contributed by atoms with van der Waals surface area (Å²) in [6, 6.07) is 5.08. The second-order valence-electron chi connectivity index (χ2n) is 3.46. The second kappa shape index (κ2) is 4.13. The van der Waals surface area contributed by atoms with Gasteiger partial charge in [0.2, 0.25) is 0 Å². The fraction of sp³-hybridized carbons (Fsp3) is 0.200. The number of nitrogens with zero attached hydrogens (tertiary/aromatic N) is 3. The Morgan fingerprint density at radius 3 is 2.69 bits per heavy atom. The first-order chi connectivity index (χ1) is 7.58. The normalized spacial score (nSPS) is 10.4. The second-order valence-corrected chi connectivity index (χ2v) is 4.31. The number of hydrogen-bond acceptors (Lipinski definition) is 5. The molecule has 0 aliphatic heterocycles. The summed E-state index contributed by atoms with van der Waals surface area (Å²) in [4.78, 5) is 5.91. The van der Waals surface area contributed by atoms with Gasteiger partial charge >= 0.3 is 0 Å². The van der Waals surface area contributed by atoms with Crippen LogP contribution in [0.4, 0.5) is 5.95 Å². The molecule has 2 rings (SSSR count). The van der Waals surface area contributed by atoms with E-state index in [9.17, 15) is 5.11 Å². The van der Waals surface area contributed by atoms with Crippen LogP contribution in [0.2, 0.25) is 0 Å². The Bertz CT molecular complexity index is 511. The maximum Gasteiger partial charge on any atom is 0.265 e. The zero-order valence-corrected chi connectivity index (χ0v) is 10.4. The summed E-state index contributed by atoms with van der Waals surface area (Å²) in [6.07, 6.45) is 0. The van der Waals surface area contributed by atoms with E-state index >= 15 is 0 Å². The van der Waals surface area contributed by atoms with Crippen LogP contribution in [0.25, 0.3) is 11.5 Å². The molecule has 2 aromatic rings. The van der Waals surface area contributed by atoms with Crippen molar-refractivity contribution in [3.8, 4) is 17.2 Å². The van der Waals surface area contributed by atoms with Gasteiger partial charge in [0.25, 0.3) is 11.8 Å². The molecule has 0 aliphatic carbocycles. The molecule has 84 valence electrons. The van der Waals surface area contributed by atoms with Crippen LogP contribution in [0.1, 0.15) is 0 Å². The molecule has 1 aromatic heterocycles. The summed E-state index contributed by atoms with van der Waals surface area (Å²) in [6.45, 7) is 0. The van der Waals surface area contributed by atoms with Gasteiger partial charge in [-0.2, -0.15) is 4.98 Å². The number of rotatable bonds is 2. The van der Waals surface area contributed by atoms with Crippen molar-refractivity contribution < 1.29 is 9.63 Å². The molecule has 0 saturated carbocycles. The van der Waals surface area contributed by atoms with Crippen LogP contribution < -0.4 is 4.90 Å². The molecule has 5 nitrogen and oxygen atoms in total. The SMILES string of the molecule is CN(C)c1noc(-c2ccc(Br)c(O)c2)n1. The fourth-order valence-electron chi connectivity index (χ4n) is 1.16. The molecular formula is C10H10BrN3O2. The molecule has 0 aliphatic rings. The van der Waals surface area contributed by atoms with Crippen molar-refractivity contribution in [2.24, 2.45) is 0 Å². The largest absolute Gasteiger partial charge is 0.507 e. The summed E-state index contributed by atoms with van der Waals surface area (Å²) in [7, 11) is 3.65. The predicted octanol–water partition coefficient (Wildman–Crippen LogP) is 2.27. The number of benzene rings is 1. The van der Waals surface area contributed by atoms with Gasteiger partial charge in [-0.15, -0.1) is 0 Å². The minimum Gasteiger partial charge on any atom is -0.507 e. The number of aromatic nitrogens is 2. The Balaban J connectivity index is 2.39. The predicted molar refractivity (Wildman–Crippen MR) is 63.4 cm³/mol. The Labute approximate surface area is 101 Å². The average Bonchev–Trinajstić information content (AvgIpc) is 2.71. The molecule has 1 N–H and O–H groups in total. The van der Waals surface area contributed by atoms with E-state index < -0.39 is 0 Å². The molecule has 0 atom stereocenters. The van der Waals surface area contributed by atoms with Gasteiger partial charge in [-0.3, -0.25) is 0 Å². The van der Waals surface area contributed by atoms with Crippen molar-refractivity contribution in [2.45, 2.75) is 0 Å². The van der Waals surface area contributed by atoms with Crippen molar-refractivity contribution in [1.29, 1.82) is 0 Å². The van der Waals surface area contributed by atoms with E-state index in [4.69, 9.17) is 4.52 Å². The van der Waals surface area contributed by atoms with Gasteiger partial charge in [0, 0.05) is 19.7 Å². The lowest BCUT2D eigenvalue weighted by molar-refractivity contribution is 0.430. The Morgan fingerprint density at radius 1 is 1.38 bits per heavy atom. The van der Waals surface area contributed by atoms with E-state index in [1.54, 1.807) is 23.1 Å². The van der Waals surface area contributed by atoms with Crippen molar-refractivity contribution in [3.05, 3.63) is 22.7 Å². The number of phenolic OH excluding ortho intramolecular Hbond substituents is 1. The lowest BCUT2D eigenvalue weighted by Crippen LogP contribution is -2.09. The lowest BCUT2D eigenvalue weighted by atomic mass is 10.2. The van der Waals surface area contributed by atoms with Crippen LogP contribution in [0.15, 0.2) is 27.2 Å². The van der Waals surface area contributed by atoms with Crippen LogP contribution in [0.5, 0.6) is 5.75 Å². The summed E-state index contributed by atoms with van der Waals surface area (Å²) >= 11 is 3.21. The molecule has 16 heavy (non-hydrogen) atoms. The van der Waals surface area contributed by atoms with Crippen LogP contribution in [-0.2, 0) is 0 Å². The molecule has 1 aromatic carbocycles. The van der Waals surface area contributed by atoms with Gasteiger partial charge in [0.15, 0.2) is 0 Å². The molecule has 0 bridgehead atoms. The monoisotopic (exact) mass is 283 g/mol. The van der Waals surface area contributed by atoms with E-state index in [0.717, 1.165) is 0 Å². The van der Waals surface area contributed by atoms with Crippen molar-refractivity contribution >= 4 is 21.9 Å². The van der Waals surface area contributed by atoms with E-state index in [-0.39, 0.29) is 5.75 Å². The van der Waals surface area contributed by atoms with Gasteiger partial charge in [0.05, 0.1) is 4.47 Å². The Kier molecular flexibility index (Phi) is 2.82. The van der Waals surface area contributed by atoms with E-state index in [1.165, 1.54) is 0 Å². The smallest absolute Gasteiger partial charge is 0.265 e. The summed E-state index contributed by atoms with van der Waals surface area (Å²) < 4.78 is 5.71. The first kappa shape index (κ1) is 10.9. The highest BCUT2D eigenvalue weighted by Gasteiger charge is 2.11. The number of halogens is 1. The molecule has 1 heterocycles. The van der Waals surface area contributed by atoms with Crippen molar-refractivity contribution in [2.75, 3.05) is 19.0 Å². The van der Waals surface area contributed by atoms with E-state index in [0.29, 0.717) is 21.9 Å².